The Bertz CT molecular complexity index is 1720. The highest BCUT2D eigenvalue weighted by Gasteiger charge is 2.18. The number of benzene rings is 5. The molecule has 0 unspecified atom stereocenters. The van der Waals surface area contributed by atoms with Gasteiger partial charge in [-0.05, 0) is 74.5 Å². The molecule has 0 spiro atoms. The van der Waals surface area contributed by atoms with Crippen LogP contribution in [0.1, 0.15) is 11.1 Å². The molecule has 0 atom stereocenters. The maximum atomic E-state index is 2.41. The molecule has 0 N–H and O–H groups in total. The van der Waals surface area contributed by atoms with E-state index in [1.807, 2.05) is 0 Å². The van der Waals surface area contributed by atoms with Crippen LogP contribution in [0, 0.1) is 13.8 Å². The molecule has 0 radical (unpaired) electrons. The Labute approximate surface area is 198 Å². The minimum atomic E-state index is 1.18. The zero-order valence-electron chi connectivity index (χ0n) is 19.3. The van der Waals surface area contributed by atoms with E-state index in [0.29, 0.717) is 0 Å². The Morgan fingerprint density at radius 1 is 0.382 bits per heavy atom. The van der Waals surface area contributed by atoms with Gasteiger partial charge in [0.15, 0.2) is 0 Å². The van der Waals surface area contributed by atoms with Gasteiger partial charge >= 0.3 is 0 Å². The summed E-state index contributed by atoms with van der Waals surface area (Å²) in [5, 5.41) is 5.19. The first kappa shape index (κ1) is 19.2. The molecule has 0 aliphatic rings. The lowest BCUT2D eigenvalue weighted by molar-refractivity contribution is 1.16. The maximum Gasteiger partial charge on any atom is 0.0562 e. The number of nitrogens with zero attached hydrogens (tertiary/aromatic N) is 2. The van der Waals surface area contributed by atoms with Gasteiger partial charge in [0.25, 0.3) is 0 Å². The topological polar surface area (TPSA) is 9.86 Å². The molecule has 0 fully saturated rings. The van der Waals surface area contributed by atoms with Crippen molar-refractivity contribution in [2.24, 2.45) is 0 Å². The third kappa shape index (κ3) is 2.69. The normalized spacial score (nSPS) is 11.8. The van der Waals surface area contributed by atoms with Crippen LogP contribution in [0.25, 0.3) is 55.0 Å². The fraction of sp³-hybridized carbons (Fsp3) is 0.0625. The number of hydrogen-bond acceptors (Lipinski definition) is 0. The molecule has 7 aromatic rings. The predicted octanol–water partition coefficient (Wildman–Crippen LogP) is 8.50. The summed E-state index contributed by atoms with van der Waals surface area (Å²) in [5.41, 5.74) is 9.88. The Morgan fingerprint density at radius 3 is 1.24 bits per heavy atom. The Kier molecular flexibility index (Phi) is 4.01. The molecule has 2 nitrogen and oxygen atoms in total. The molecule has 0 aliphatic carbocycles. The Balaban J connectivity index is 1.72. The summed E-state index contributed by atoms with van der Waals surface area (Å²) in [4.78, 5) is 0. The number of aryl methyl sites for hydroxylation is 2. The number of rotatable bonds is 2. The molecule has 162 valence electrons. The standard InChI is InChI=1S/C32H24N2/c1-21-13-15-29-25(17-21)27-19-28-26-18-22(2)14-16-30(26)34(24-11-7-4-8-12-24)32(28)20-31(27)33(29)23-9-5-3-6-10-23/h3-20H,1-2H3. The van der Waals surface area contributed by atoms with E-state index in [-0.39, 0.29) is 0 Å². The van der Waals surface area contributed by atoms with Crippen LogP contribution in [-0.4, -0.2) is 9.13 Å². The first-order valence-electron chi connectivity index (χ1n) is 11.8. The summed E-state index contributed by atoms with van der Waals surface area (Å²) in [6.45, 7) is 4.35. The van der Waals surface area contributed by atoms with Gasteiger partial charge in [0.2, 0.25) is 0 Å². The summed E-state index contributed by atoms with van der Waals surface area (Å²) in [6, 6.07) is 39.8. The lowest BCUT2D eigenvalue weighted by Gasteiger charge is -2.10. The van der Waals surface area contributed by atoms with Gasteiger partial charge in [-0.25, -0.2) is 0 Å². The monoisotopic (exact) mass is 436 g/mol. The first-order valence-corrected chi connectivity index (χ1v) is 11.8. The van der Waals surface area contributed by atoms with Crippen molar-refractivity contribution in [3.05, 3.63) is 120 Å². The van der Waals surface area contributed by atoms with Crippen LogP contribution in [0.5, 0.6) is 0 Å². The average Bonchev–Trinajstić information content (AvgIpc) is 3.35. The molecule has 5 aromatic carbocycles. The van der Waals surface area contributed by atoms with Crippen molar-refractivity contribution < 1.29 is 0 Å². The van der Waals surface area contributed by atoms with E-state index >= 15 is 0 Å². The number of hydrogen-bond donors (Lipinski definition) is 0. The largest absolute Gasteiger partial charge is 0.309 e. The second kappa shape index (κ2) is 7.10. The molecule has 0 saturated carbocycles. The fourth-order valence-corrected chi connectivity index (χ4v) is 5.47. The highest BCUT2D eigenvalue weighted by Crippen LogP contribution is 2.39. The van der Waals surface area contributed by atoms with Gasteiger partial charge < -0.3 is 9.13 Å². The van der Waals surface area contributed by atoms with Gasteiger partial charge in [-0.2, -0.15) is 0 Å². The minimum Gasteiger partial charge on any atom is -0.309 e. The Morgan fingerprint density at radius 2 is 0.794 bits per heavy atom. The van der Waals surface area contributed by atoms with Gasteiger partial charge in [-0.1, -0.05) is 59.7 Å². The molecule has 0 bridgehead atoms. The minimum absolute atomic E-state index is 1.18. The van der Waals surface area contributed by atoms with Crippen molar-refractivity contribution >= 4 is 43.6 Å². The quantitative estimate of drug-likeness (QED) is 0.257. The van der Waals surface area contributed by atoms with Crippen LogP contribution in [0.2, 0.25) is 0 Å². The van der Waals surface area contributed by atoms with E-state index in [1.165, 1.54) is 66.1 Å². The van der Waals surface area contributed by atoms with Gasteiger partial charge in [-0.15, -0.1) is 0 Å². The SMILES string of the molecule is Cc1ccc2c(c1)c1cc3c4cc(C)ccc4n(-c4ccccc4)c3cc1n2-c1ccccc1. The van der Waals surface area contributed by atoms with E-state index in [0.717, 1.165) is 0 Å². The molecular weight excluding hydrogens is 412 g/mol. The fourth-order valence-electron chi connectivity index (χ4n) is 5.47. The van der Waals surface area contributed by atoms with Crippen LogP contribution in [0.4, 0.5) is 0 Å². The highest BCUT2D eigenvalue weighted by atomic mass is 15.0. The summed E-state index contributed by atoms with van der Waals surface area (Å²) in [6.07, 6.45) is 0. The molecule has 2 aromatic heterocycles. The zero-order valence-corrected chi connectivity index (χ0v) is 19.3. The molecule has 0 aliphatic heterocycles. The smallest absolute Gasteiger partial charge is 0.0562 e. The third-order valence-corrected chi connectivity index (χ3v) is 6.99. The van der Waals surface area contributed by atoms with Crippen molar-refractivity contribution in [2.75, 3.05) is 0 Å². The van der Waals surface area contributed by atoms with Crippen molar-refractivity contribution in [3.8, 4) is 11.4 Å². The Hall–Kier alpha value is -4.30. The predicted molar refractivity (Wildman–Crippen MR) is 145 cm³/mol. The van der Waals surface area contributed by atoms with E-state index < -0.39 is 0 Å². The molecule has 7 rings (SSSR count). The van der Waals surface area contributed by atoms with E-state index in [9.17, 15) is 0 Å². The van der Waals surface area contributed by atoms with Gasteiger partial charge in [-0.3, -0.25) is 0 Å². The molecule has 0 saturated heterocycles. The zero-order chi connectivity index (χ0) is 22.8. The maximum absolute atomic E-state index is 2.41. The molecule has 2 heterocycles. The van der Waals surface area contributed by atoms with Crippen molar-refractivity contribution in [3.63, 3.8) is 0 Å². The number of para-hydroxylation sites is 2. The lowest BCUT2D eigenvalue weighted by Crippen LogP contribution is -1.95. The van der Waals surface area contributed by atoms with Crippen molar-refractivity contribution in [1.29, 1.82) is 0 Å². The van der Waals surface area contributed by atoms with Crippen LogP contribution in [0.3, 0.4) is 0 Å². The van der Waals surface area contributed by atoms with Crippen molar-refractivity contribution in [2.45, 2.75) is 13.8 Å². The summed E-state index contributed by atoms with van der Waals surface area (Å²) in [7, 11) is 0. The number of aromatic nitrogens is 2. The second-order valence-corrected chi connectivity index (χ2v) is 9.27. The first-order chi connectivity index (χ1) is 16.7. The van der Waals surface area contributed by atoms with E-state index in [4.69, 9.17) is 0 Å². The van der Waals surface area contributed by atoms with Crippen LogP contribution in [0.15, 0.2) is 109 Å². The van der Waals surface area contributed by atoms with E-state index in [2.05, 4.69) is 132 Å². The summed E-state index contributed by atoms with van der Waals surface area (Å²) in [5.74, 6) is 0. The highest BCUT2D eigenvalue weighted by molar-refractivity contribution is 6.19. The van der Waals surface area contributed by atoms with Crippen LogP contribution < -0.4 is 0 Å². The van der Waals surface area contributed by atoms with Gasteiger partial charge in [0, 0.05) is 32.9 Å². The van der Waals surface area contributed by atoms with Crippen LogP contribution >= 0.6 is 0 Å². The molecular formula is C32H24N2. The lowest BCUT2D eigenvalue weighted by atomic mass is 10.1. The third-order valence-electron chi connectivity index (χ3n) is 6.99. The molecule has 0 amide bonds. The van der Waals surface area contributed by atoms with Crippen LogP contribution in [-0.2, 0) is 0 Å². The van der Waals surface area contributed by atoms with E-state index in [1.54, 1.807) is 0 Å². The average molecular weight is 437 g/mol. The van der Waals surface area contributed by atoms with Gasteiger partial charge in [0.05, 0.1) is 22.1 Å². The molecule has 2 heteroatoms. The second-order valence-electron chi connectivity index (χ2n) is 9.27. The summed E-state index contributed by atoms with van der Waals surface area (Å²) >= 11 is 0. The molecule has 34 heavy (non-hydrogen) atoms. The number of fused-ring (bicyclic) bond motifs is 6. The summed E-state index contributed by atoms with van der Waals surface area (Å²) < 4.78 is 4.81. The van der Waals surface area contributed by atoms with Gasteiger partial charge in [0.1, 0.15) is 0 Å². The van der Waals surface area contributed by atoms with Crippen molar-refractivity contribution in [1.82, 2.24) is 9.13 Å².